The molecule has 4 N–H and O–H groups in total. The van der Waals surface area contributed by atoms with Crippen molar-refractivity contribution in [3.05, 3.63) is 24.3 Å². The van der Waals surface area contributed by atoms with Crippen LogP contribution in [0.1, 0.15) is 25.7 Å². The highest BCUT2D eigenvalue weighted by Crippen LogP contribution is 2.28. The molecule has 26 heavy (non-hydrogen) atoms. The van der Waals surface area contributed by atoms with Crippen molar-refractivity contribution >= 4 is 15.9 Å². The quantitative estimate of drug-likeness (QED) is 0.644. The Morgan fingerprint density at radius 3 is 2.27 bits per heavy atom. The molecule has 0 spiro atoms. The number of rotatable bonds is 7. The van der Waals surface area contributed by atoms with Gasteiger partial charge in [-0.25, -0.2) is 13.1 Å². The largest absolute Gasteiger partial charge is 0.573 e. The first-order valence-electron chi connectivity index (χ1n) is 7.92. The first kappa shape index (κ1) is 20.5. The Morgan fingerprint density at radius 1 is 1.19 bits per heavy atom. The smallest absolute Gasteiger partial charge is 0.406 e. The van der Waals surface area contributed by atoms with E-state index in [4.69, 9.17) is 5.73 Å². The van der Waals surface area contributed by atoms with Crippen LogP contribution in [-0.2, 0) is 14.8 Å². The summed E-state index contributed by atoms with van der Waals surface area (Å²) in [6, 6.07) is 3.67. The van der Waals surface area contributed by atoms with E-state index in [-0.39, 0.29) is 11.4 Å². The van der Waals surface area contributed by atoms with Crippen LogP contribution < -0.4 is 20.5 Å². The molecule has 7 nitrogen and oxygen atoms in total. The normalized spacial score (nSPS) is 17.1. The second-order valence-corrected chi connectivity index (χ2v) is 7.85. The van der Waals surface area contributed by atoms with E-state index in [9.17, 15) is 26.4 Å². The van der Waals surface area contributed by atoms with Crippen LogP contribution in [0.15, 0.2) is 29.2 Å². The van der Waals surface area contributed by atoms with E-state index in [0.717, 1.165) is 49.9 Å². The number of carbonyl (C=O) groups excluding carboxylic acids is 1. The Kier molecular flexibility index (Phi) is 6.14. The van der Waals surface area contributed by atoms with E-state index < -0.39 is 40.1 Å². The minimum atomic E-state index is -4.87. The van der Waals surface area contributed by atoms with Crippen molar-refractivity contribution in [1.82, 2.24) is 10.0 Å². The highest BCUT2D eigenvalue weighted by Gasteiger charge is 2.34. The third kappa shape index (κ3) is 5.58. The fourth-order valence-electron chi connectivity index (χ4n) is 2.84. The van der Waals surface area contributed by atoms with E-state index in [1.54, 1.807) is 0 Å². The third-order valence-electron chi connectivity index (χ3n) is 4.15. The number of benzene rings is 1. The van der Waals surface area contributed by atoms with Crippen LogP contribution in [0.5, 0.6) is 5.75 Å². The summed E-state index contributed by atoms with van der Waals surface area (Å²) in [7, 11) is -4.05. The van der Waals surface area contributed by atoms with Crippen LogP contribution in [0.3, 0.4) is 0 Å². The summed E-state index contributed by atoms with van der Waals surface area (Å²) in [4.78, 5) is 11.7. The SMILES string of the molecule is NCC1(NC(=O)CNS(=O)(=O)c2ccc(OC(F)(F)F)cc2)CCCC1. The first-order chi connectivity index (χ1) is 12.1. The molecule has 0 bridgehead atoms. The Morgan fingerprint density at radius 2 is 1.77 bits per heavy atom. The van der Waals surface area contributed by atoms with Crippen LogP contribution in [-0.4, -0.2) is 39.3 Å². The number of alkyl halides is 3. The topological polar surface area (TPSA) is 111 Å². The first-order valence-corrected chi connectivity index (χ1v) is 9.40. The molecule has 0 unspecified atom stereocenters. The minimum absolute atomic E-state index is 0.270. The fraction of sp³-hybridized carbons (Fsp3) is 0.533. The maximum atomic E-state index is 12.1. The number of sulfonamides is 1. The van der Waals surface area contributed by atoms with Crippen molar-refractivity contribution in [3.8, 4) is 5.75 Å². The lowest BCUT2D eigenvalue weighted by Crippen LogP contribution is -2.54. The summed E-state index contributed by atoms with van der Waals surface area (Å²) >= 11 is 0. The number of halogens is 3. The van der Waals surface area contributed by atoms with Gasteiger partial charge in [-0.05, 0) is 37.1 Å². The van der Waals surface area contributed by atoms with Gasteiger partial charge >= 0.3 is 6.36 Å². The number of carbonyl (C=O) groups is 1. The third-order valence-corrected chi connectivity index (χ3v) is 5.56. The molecule has 0 atom stereocenters. The van der Waals surface area contributed by atoms with Crippen LogP contribution in [0, 0.1) is 0 Å². The van der Waals surface area contributed by atoms with E-state index in [0.29, 0.717) is 0 Å². The Labute approximate surface area is 149 Å². The number of amides is 1. The summed E-state index contributed by atoms with van der Waals surface area (Å²) < 4.78 is 66.4. The molecule has 0 saturated heterocycles. The van der Waals surface area contributed by atoms with Crippen molar-refractivity contribution in [2.45, 2.75) is 42.5 Å². The molecule has 0 aliphatic heterocycles. The highest BCUT2D eigenvalue weighted by atomic mass is 32.2. The van der Waals surface area contributed by atoms with Gasteiger partial charge < -0.3 is 15.8 Å². The van der Waals surface area contributed by atoms with Gasteiger partial charge in [0.2, 0.25) is 15.9 Å². The van der Waals surface area contributed by atoms with E-state index in [2.05, 4.69) is 14.8 Å². The van der Waals surface area contributed by atoms with Crippen molar-refractivity contribution < 1.29 is 31.1 Å². The summed E-state index contributed by atoms with van der Waals surface area (Å²) in [5.74, 6) is -1.06. The average molecular weight is 395 g/mol. The molecular weight excluding hydrogens is 375 g/mol. The molecule has 1 aromatic rings. The molecule has 0 radical (unpaired) electrons. The predicted molar refractivity (Wildman–Crippen MR) is 86.7 cm³/mol. The number of hydrogen-bond donors (Lipinski definition) is 3. The lowest BCUT2D eigenvalue weighted by molar-refractivity contribution is -0.274. The maximum Gasteiger partial charge on any atom is 0.573 e. The van der Waals surface area contributed by atoms with Gasteiger partial charge in [-0.2, -0.15) is 0 Å². The van der Waals surface area contributed by atoms with Crippen LogP contribution in [0.25, 0.3) is 0 Å². The van der Waals surface area contributed by atoms with Crippen molar-refractivity contribution in [2.75, 3.05) is 13.1 Å². The average Bonchev–Trinajstić information content (AvgIpc) is 3.01. The second kappa shape index (κ2) is 7.80. The monoisotopic (exact) mass is 395 g/mol. The lowest BCUT2D eigenvalue weighted by Gasteiger charge is -2.28. The molecule has 1 fully saturated rings. The standard InChI is InChI=1S/C15H20F3N3O4S/c16-15(17,18)25-11-3-5-12(6-4-11)26(23,24)20-9-13(22)21-14(10-19)7-1-2-8-14/h3-6,20H,1-2,7-10,19H2,(H,21,22). The van der Waals surface area contributed by atoms with Gasteiger partial charge in [0, 0.05) is 6.54 Å². The van der Waals surface area contributed by atoms with Gasteiger partial charge in [-0.1, -0.05) is 12.8 Å². The van der Waals surface area contributed by atoms with Crippen molar-refractivity contribution in [2.24, 2.45) is 5.73 Å². The molecule has 1 saturated carbocycles. The number of hydrogen-bond acceptors (Lipinski definition) is 5. The summed E-state index contributed by atoms with van der Waals surface area (Å²) in [6.45, 7) is -0.225. The molecule has 11 heteroatoms. The van der Waals surface area contributed by atoms with Gasteiger partial charge in [-0.3, -0.25) is 4.79 Å². The van der Waals surface area contributed by atoms with Crippen LogP contribution >= 0.6 is 0 Å². The zero-order chi connectivity index (χ0) is 19.4. The fourth-order valence-corrected chi connectivity index (χ4v) is 3.82. The van der Waals surface area contributed by atoms with Crippen LogP contribution in [0.4, 0.5) is 13.2 Å². The summed E-state index contributed by atoms with van der Waals surface area (Å²) in [6.07, 6.45) is -1.51. The molecule has 1 aliphatic carbocycles. The zero-order valence-corrected chi connectivity index (χ0v) is 14.6. The van der Waals surface area contributed by atoms with E-state index in [1.165, 1.54) is 0 Å². The number of nitrogens with two attached hydrogens (primary N) is 1. The molecular formula is C15H20F3N3O4S. The Hall–Kier alpha value is -1.85. The Balaban J connectivity index is 1.94. The molecule has 2 rings (SSSR count). The highest BCUT2D eigenvalue weighted by molar-refractivity contribution is 7.89. The van der Waals surface area contributed by atoms with Crippen molar-refractivity contribution in [3.63, 3.8) is 0 Å². The predicted octanol–water partition coefficient (Wildman–Crippen LogP) is 1.25. The minimum Gasteiger partial charge on any atom is -0.406 e. The molecule has 1 aromatic carbocycles. The van der Waals surface area contributed by atoms with Gasteiger partial charge in [-0.15, -0.1) is 13.2 Å². The van der Waals surface area contributed by atoms with Gasteiger partial charge in [0.25, 0.3) is 0 Å². The van der Waals surface area contributed by atoms with E-state index in [1.807, 2.05) is 0 Å². The maximum absolute atomic E-state index is 12.1. The number of nitrogens with one attached hydrogen (secondary N) is 2. The summed E-state index contributed by atoms with van der Waals surface area (Å²) in [5, 5.41) is 2.77. The van der Waals surface area contributed by atoms with Crippen molar-refractivity contribution in [1.29, 1.82) is 0 Å². The summed E-state index contributed by atoms with van der Waals surface area (Å²) in [5.41, 5.74) is 5.20. The van der Waals surface area contributed by atoms with Gasteiger partial charge in [0.1, 0.15) is 5.75 Å². The van der Waals surface area contributed by atoms with Gasteiger partial charge in [0.15, 0.2) is 0 Å². The molecule has 1 aliphatic rings. The molecule has 146 valence electrons. The van der Waals surface area contributed by atoms with Crippen LogP contribution in [0.2, 0.25) is 0 Å². The second-order valence-electron chi connectivity index (χ2n) is 6.08. The molecule has 0 heterocycles. The van der Waals surface area contributed by atoms with E-state index >= 15 is 0 Å². The number of ether oxygens (including phenoxy) is 1. The Bertz CT molecular complexity index is 729. The molecule has 0 aromatic heterocycles. The van der Waals surface area contributed by atoms with Gasteiger partial charge in [0.05, 0.1) is 17.0 Å². The lowest BCUT2D eigenvalue weighted by atomic mass is 9.98. The molecule has 1 amide bonds. The zero-order valence-electron chi connectivity index (χ0n) is 13.8.